The smallest absolute Gasteiger partial charge is 0.329 e. The van der Waals surface area contributed by atoms with Crippen molar-refractivity contribution in [1.82, 2.24) is 10.2 Å². The highest BCUT2D eigenvalue weighted by Gasteiger charge is 2.51. The number of nitrogens with zero attached hydrogens (tertiary/aromatic N) is 1. The van der Waals surface area contributed by atoms with Crippen LogP contribution in [0.15, 0.2) is 24.3 Å². The molecule has 1 heterocycles. The molecule has 28 heavy (non-hydrogen) atoms. The summed E-state index contributed by atoms with van der Waals surface area (Å²) in [6.45, 7) is 1.23. The van der Waals surface area contributed by atoms with Crippen molar-refractivity contribution in [2.24, 2.45) is 11.8 Å². The van der Waals surface area contributed by atoms with Gasteiger partial charge in [0.25, 0.3) is 5.91 Å². The number of rotatable bonds is 6. The van der Waals surface area contributed by atoms with E-state index in [1.807, 2.05) is 6.07 Å². The number of amides is 3. The van der Waals surface area contributed by atoms with Gasteiger partial charge in [-0.05, 0) is 37.5 Å². The molecule has 2 aliphatic rings. The highest BCUT2D eigenvalue weighted by atomic mass is 35.5. The Balaban J connectivity index is 1.49. The first kappa shape index (κ1) is 20.3. The maximum atomic E-state index is 12.5. The van der Waals surface area contributed by atoms with Crippen molar-refractivity contribution in [2.45, 2.75) is 45.2 Å². The van der Waals surface area contributed by atoms with Crippen molar-refractivity contribution in [1.29, 1.82) is 0 Å². The van der Waals surface area contributed by atoms with Crippen LogP contribution < -0.4 is 5.32 Å². The van der Waals surface area contributed by atoms with Gasteiger partial charge in [-0.15, -0.1) is 0 Å². The highest BCUT2D eigenvalue weighted by molar-refractivity contribution is 6.30. The van der Waals surface area contributed by atoms with Crippen molar-refractivity contribution in [3.8, 4) is 0 Å². The topological polar surface area (TPSA) is 92.8 Å². The first-order chi connectivity index (χ1) is 13.4. The van der Waals surface area contributed by atoms with E-state index in [2.05, 4.69) is 5.32 Å². The fourth-order valence-corrected chi connectivity index (χ4v) is 4.04. The largest absolute Gasteiger partial charge is 0.454 e. The van der Waals surface area contributed by atoms with E-state index >= 15 is 0 Å². The number of ether oxygens (including phenoxy) is 1. The Bertz CT molecular complexity index is 773. The molecule has 1 saturated heterocycles. The maximum Gasteiger partial charge on any atom is 0.329 e. The summed E-state index contributed by atoms with van der Waals surface area (Å²) in [7, 11) is 0. The van der Waals surface area contributed by atoms with Crippen molar-refractivity contribution < 1.29 is 23.9 Å². The van der Waals surface area contributed by atoms with E-state index in [1.165, 1.54) is 6.92 Å². The summed E-state index contributed by atoms with van der Waals surface area (Å²) < 4.78 is 5.02. The number of carbonyl (C=O) groups is 4. The zero-order chi connectivity index (χ0) is 20.3. The van der Waals surface area contributed by atoms with Gasteiger partial charge in [-0.3, -0.25) is 19.3 Å². The SMILES string of the molecule is CC(C(=O)OCC(=O)NCc1cccc(Cl)c1)N1C(=O)C2CCCCC2C1=O. The number of carbonyl (C=O) groups excluding carboxylic acids is 4. The van der Waals surface area contributed by atoms with Crippen LogP contribution in [0.4, 0.5) is 0 Å². The Labute approximate surface area is 168 Å². The molecular weight excluding hydrogens is 384 g/mol. The fraction of sp³-hybridized carbons (Fsp3) is 0.500. The number of hydrogen-bond donors (Lipinski definition) is 1. The minimum atomic E-state index is -1.04. The molecule has 0 radical (unpaired) electrons. The molecule has 3 rings (SSSR count). The van der Waals surface area contributed by atoms with E-state index in [0.717, 1.165) is 23.3 Å². The second-order valence-corrected chi connectivity index (χ2v) is 7.67. The van der Waals surface area contributed by atoms with E-state index < -0.39 is 24.5 Å². The molecule has 1 N–H and O–H groups in total. The van der Waals surface area contributed by atoms with Crippen LogP contribution >= 0.6 is 11.6 Å². The third-order valence-corrected chi connectivity index (χ3v) is 5.56. The van der Waals surface area contributed by atoms with Crippen LogP contribution in [0.2, 0.25) is 5.02 Å². The summed E-state index contributed by atoms with van der Waals surface area (Å²) in [5.41, 5.74) is 0.816. The highest BCUT2D eigenvalue weighted by Crippen LogP contribution is 2.38. The number of likely N-dealkylation sites (tertiary alicyclic amines) is 1. The summed E-state index contributed by atoms with van der Waals surface area (Å²) in [6.07, 6.45) is 3.19. The van der Waals surface area contributed by atoms with Gasteiger partial charge < -0.3 is 10.1 Å². The first-order valence-electron chi connectivity index (χ1n) is 9.43. The monoisotopic (exact) mass is 406 g/mol. The van der Waals surface area contributed by atoms with Gasteiger partial charge in [0.05, 0.1) is 11.8 Å². The van der Waals surface area contributed by atoms with Crippen LogP contribution in [0.3, 0.4) is 0 Å². The molecule has 7 nitrogen and oxygen atoms in total. The second-order valence-electron chi connectivity index (χ2n) is 7.23. The number of benzene rings is 1. The normalized spacial score (nSPS) is 22.6. The molecule has 1 aliphatic heterocycles. The second kappa shape index (κ2) is 8.73. The molecule has 2 fully saturated rings. The maximum absolute atomic E-state index is 12.5. The van der Waals surface area contributed by atoms with Gasteiger partial charge in [-0.1, -0.05) is 36.6 Å². The molecule has 0 spiro atoms. The Hall–Kier alpha value is -2.41. The lowest BCUT2D eigenvalue weighted by molar-refractivity contribution is -0.159. The minimum Gasteiger partial charge on any atom is -0.454 e. The van der Waals surface area contributed by atoms with E-state index in [0.29, 0.717) is 17.9 Å². The molecule has 8 heteroatoms. The van der Waals surface area contributed by atoms with Crippen LogP contribution in [-0.2, 0) is 30.5 Å². The molecule has 0 aromatic heterocycles. The Morgan fingerprint density at radius 1 is 1.21 bits per heavy atom. The molecule has 1 aliphatic carbocycles. The third-order valence-electron chi connectivity index (χ3n) is 5.33. The fourth-order valence-electron chi connectivity index (χ4n) is 3.83. The van der Waals surface area contributed by atoms with Gasteiger partial charge in [0.1, 0.15) is 6.04 Å². The number of nitrogens with one attached hydrogen (secondary N) is 1. The molecule has 1 aromatic carbocycles. The molecule has 3 amide bonds. The Morgan fingerprint density at radius 3 is 2.46 bits per heavy atom. The molecule has 1 aromatic rings. The Morgan fingerprint density at radius 2 is 1.86 bits per heavy atom. The lowest BCUT2D eigenvalue weighted by Gasteiger charge is -2.21. The van der Waals surface area contributed by atoms with Crippen LogP contribution in [0.25, 0.3) is 0 Å². The van der Waals surface area contributed by atoms with Gasteiger partial charge in [-0.2, -0.15) is 0 Å². The molecule has 1 saturated carbocycles. The van der Waals surface area contributed by atoms with E-state index in [4.69, 9.17) is 16.3 Å². The van der Waals surface area contributed by atoms with Crippen molar-refractivity contribution in [3.63, 3.8) is 0 Å². The summed E-state index contributed by atoms with van der Waals surface area (Å²) >= 11 is 5.89. The zero-order valence-corrected chi connectivity index (χ0v) is 16.4. The third kappa shape index (κ3) is 4.35. The number of fused-ring (bicyclic) bond motifs is 1. The quantitative estimate of drug-likeness (QED) is 0.576. The van der Waals surface area contributed by atoms with Crippen LogP contribution in [0.5, 0.6) is 0 Å². The summed E-state index contributed by atoms with van der Waals surface area (Å²) in [5.74, 6) is -2.49. The van der Waals surface area contributed by atoms with Crippen LogP contribution in [0.1, 0.15) is 38.2 Å². The molecule has 150 valence electrons. The van der Waals surface area contributed by atoms with Gasteiger partial charge >= 0.3 is 5.97 Å². The van der Waals surface area contributed by atoms with Crippen LogP contribution in [0, 0.1) is 11.8 Å². The van der Waals surface area contributed by atoms with Crippen molar-refractivity contribution in [2.75, 3.05) is 6.61 Å². The molecular formula is C20H23ClN2O5. The predicted molar refractivity (Wildman–Crippen MR) is 101 cm³/mol. The average Bonchev–Trinajstić information content (AvgIpc) is 2.95. The van der Waals surface area contributed by atoms with Gasteiger partial charge in [0.15, 0.2) is 6.61 Å². The molecule has 3 unspecified atom stereocenters. The zero-order valence-electron chi connectivity index (χ0n) is 15.7. The summed E-state index contributed by atoms with van der Waals surface area (Å²) in [6, 6.07) is 6.00. The van der Waals surface area contributed by atoms with E-state index in [-0.39, 0.29) is 30.2 Å². The van der Waals surface area contributed by atoms with Crippen LogP contribution in [-0.4, -0.2) is 41.2 Å². The predicted octanol–water partition coefficient (Wildman–Crippen LogP) is 2.06. The first-order valence-corrected chi connectivity index (χ1v) is 9.81. The Kier molecular flexibility index (Phi) is 6.34. The summed E-state index contributed by atoms with van der Waals surface area (Å²) in [4.78, 5) is 50.3. The molecule has 0 bridgehead atoms. The standard InChI is InChI=1S/C20H23ClN2O5/c1-12(23-18(25)15-7-2-3-8-16(15)19(23)26)20(27)28-11-17(24)22-10-13-5-4-6-14(21)9-13/h4-6,9,12,15-16H,2-3,7-8,10-11H2,1H3,(H,22,24). The molecule has 3 atom stereocenters. The van der Waals surface area contributed by atoms with Gasteiger partial charge in [0, 0.05) is 11.6 Å². The van der Waals surface area contributed by atoms with Crippen molar-refractivity contribution >= 4 is 35.3 Å². The van der Waals surface area contributed by atoms with Gasteiger partial charge in [-0.25, -0.2) is 4.79 Å². The van der Waals surface area contributed by atoms with E-state index in [9.17, 15) is 19.2 Å². The van der Waals surface area contributed by atoms with E-state index in [1.54, 1.807) is 18.2 Å². The van der Waals surface area contributed by atoms with Gasteiger partial charge in [0.2, 0.25) is 11.8 Å². The number of hydrogen-bond acceptors (Lipinski definition) is 5. The number of halogens is 1. The summed E-state index contributed by atoms with van der Waals surface area (Å²) in [5, 5.41) is 3.19. The lowest BCUT2D eigenvalue weighted by Crippen LogP contribution is -2.45. The minimum absolute atomic E-state index is 0.249. The lowest BCUT2D eigenvalue weighted by atomic mass is 9.81. The number of imide groups is 1. The average molecular weight is 407 g/mol. The van der Waals surface area contributed by atoms with Crippen molar-refractivity contribution in [3.05, 3.63) is 34.9 Å². The number of esters is 1.